The maximum atomic E-state index is 11.5. The molecule has 19 heavy (non-hydrogen) atoms. The van der Waals surface area contributed by atoms with Crippen molar-refractivity contribution in [3.63, 3.8) is 0 Å². The molecule has 1 unspecified atom stereocenters. The third-order valence-corrected chi connectivity index (χ3v) is 3.20. The van der Waals surface area contributed by atoms with E-state index >= 15 is 0 Å². The summed E-state index contributed by atoms with van der Waals surface area (Å²) in [5.41, 5.74) is 1.03. The summed E-state index contributed by atoms with van der Waals surface area (Å²) < 4.78 is 0. The van der Waals surface area contributed by atoms with E-state index in [2.05, 4.69) is 10.3 Å². The minimum atomic E-state index is -0.807. The summed E-state index contributed by atoms with van der Waals surface area (Å²) >= 11 is 0. The standard InChI is InChI=1S/C13H17N3O3/c17-12-9-16(8-10-2-1-5-14-6-10)11(7-15-12)3-4-13(18)19/h1-2,5-6,11H,3-4,7-9H2,(H,15,17)(H,18,19). The lowest BCUT2D eigenvalue weighted by Gasteiger charge is -2.35. The van der Waals surface area contributed by atoms with Gasteiger partial charge in [-0.25, -0.2) is 0 Å². The van der Waals surface area contributed by atoms with Gasteiger partial charge in [-0.15, -0.1) is 0 Å². The van der Waals surface area contributed by atoms with E-state index in [9.17, 15) is 9.59 Å². The van der Waals surface area contributed by atoms with E-state index in [4.69, 9.17) is 5.11 Å². The molecule has 6 nitrogen and oxygen atoms in total. The summed E-state index contributed by atoms with van der Waals surface area (Å²) in [7, 11) is 0. The predicted molar refractivity (Wildman–Crippen MR) is 68.3 cm³/mol. The number of carbonyl (C=O) groups is 2. The first-order valence-corrected chi connectivity index (χ1v) is 6.26. The molecular weight excluding hydrogens is 246 g/mol. The highest BCUT2D eigenvalue weighted by molar-refractivity contribution is 5.79. The summed E-state index contributed by atoms with van der Waals surface area (Å²) in [4.78, 5) is 28.2. The van der Waals surface area contributed by atoms with E-state index < -0.39 is 5.97 Å². The van der Waals surface area contributed by atoms with Crippen LogP contribution in [0, 0.1) is 0 Å². The molecule has 1 amide bonds. The Balaban J connectivity index is 1.99. The maximum Gasteiger partial charge on any atom is 0.303 e. The smallest absolute Gasteiger partial charge is 0.303 e. The molecule has 1 atom stereocenters. The van der Waals surface area contributed by atoms with E-state index in [1.807, 2.05) is 17.0 Å². The number of nitrogens with zero attached hydrogens (tertiary/aromatic N) is 2. The highest BCUT2D eigenvalue weighted by Crippen LogP contribution is 2.14. The number of hydrogen-bond acceptors (Lipinski definition) is 4. The number of carbonyl (C=O) groups excluding carboxylic acids is 1. The van der Waals surface area contributed by atoms with Crippen molar-refractivity contribution >= 4 is 11.9 Å². The van der Waals surface area contributed by atoms with Crippen LogP contribution in [0.1, 0.15) is 18.4 Å². The minimum Gasteiger partial charge on any atom is -0.481 e. The Morgan fingerprint density at radius 2 is 2.42 bits per heavy atom. The third kappa shape index (κ3) is 4.03. The van der Waals surface area contributed by atoms with Crippen LogP contribution in [0.15, 0.2) is 24.5 Å². The van der Waals surface area contributed by atoms with Gasteiger partial charge in [0, 0.05) is 37.9 Å². The lowest BCUT2D eigenvalue weighted by atomic mass is 10.1. The average Bonchev–Trinajstić information content (AvgIpc) is 2.39. The Bertz CT molecular complexity index is 450. The van der Waals surface area contributed by atoms with Gasteiger partial charge < -0.3 is 10.4 Å². The van der Waals surface area contributed by atoms with Crippen LogP contribution in [0.4, 0.5) is 0 Å². The van der Waals surface area contributed by atoms with Gasteiger partial charge in [0.15, 0.2) is 0 Å². The number of aromatic nitrogens is 1. The third-order valence-electron chi connectivity index (χ3n) is 3.20. The Kier molecular flexibility index (Phi) is 4.46. The highest BCUT2D eigenvalue weighted by atomic mass is 16.4. The molecule has 102 valence electrons. The second-order valence-electron chi connectivity index (χ2n) is 4.66. The molecule has 0 bridgehead atoms. The highest BCUT2D eigenvalue weighted by Gasteiger charge is 2.26. The molecule has 2 rings (SSSR count). The van der Waals surface area contributed by atoms with Gasteiger partial charge >= 0.3 is 5.97 Å². The monoisotopic (exact) mass is 263 g/mol. The van der Waals surface area contributed by atoms with Crippen molar-refractivity contribution in [3.05, 3.63) is 30.1 Å². The SMILES string of the molecule is O=C(O)CCC1CNC(=O)CN1Cc1cccnc1. The second kappa shape index (κ2) is 6.29. The van der Waals surface area contributed by atoms with Crippen LogP contribution in [0.25, 0.3) is 0 Å². The van der Waals surface area contributed by atoms with E-state index in [0.717, 1.165) is 5.56 Å². The van der Waals surface area contributed by atoms with Gasteiger partial charge in [-0.2, -0.15) is 0 Å². The molecule has 1 aromatic heterocycles. The van der Waals surface area contributed by atoms with Crippen LogP contribution >= 0.6 is 0 Å². The second-order valence-corrected chi connectivity index (χ2v) is 4.66. The fourth-order valence-corrected chi connectivity index (χ4v) is 2.22. The molecule has 0 aliphatic carbocycles. The van der Waals surface area contributed by atoms with Crippen LogP contribution < -0.4 is 5.32 Å². The number of carboxylic acids is 1. The molecule has 1 aromatic rings. The maximum absolute atomic E-state index is 11.5. The molecule has 2 heterocycles. The molecule has 1 saturated heterocycles. The number of amides is 1. The molecule has 1 aliphatic heterocycles. The zero-order chi connectivity index (χ0) is 13.7. The fourth-order valence-electron chi connectivity index (χ4n) is 2.22. The van der Waals surface area contributed by atoms with Gasteiger partial charge in [0.1, 0.15) is 0 Å². The van der Waals surface area contributed by atoms with Crippen molar-refractivity contribution in [2.24, 2.45) is 0 Å². The molecule has 0 spiro atoms. The predicted octanol–water partition coefficient (Wildman–Crippen LogP) is 0.247. The number of aliphatic carboxylic acids is 1. The van der Waals surface area contributed by atoms with Crippen LogP contribution in [-0.4, -0.2) is 46.0 Å². The molecule has 6 heteroatoms. The number of carboxylic acid groups (broad SMARTS) is 1. The number of piperazine rings is 1. The van der Waals surface area contributed by atoms with Crippen molar-refractivity contribution < 1.29 is 14.7 Å². The topological polar surface area (TPSA) is 82.5 Å². The Hall–Kier alpha value is -1.95. The van der Waals surface area contributed by atoms with Crippen molar-refractivity contribution in [1.29, 1.82) is 0 Å². The normalized spacial score (nSPS) is 20.0. The molecule has 1 aliphatic rings. The zero-order valence-electron chi connectivity index (χ0n) is 10.6. The van der Waals surface area contributed by atoms with E-state index in [1.54, 1.807) is 12.4 Å². The summed E-state index contributed by atoms with van der Waals surface area (Å²) in [6.07, 6.45) is 4.12. The Morgan fingerprint density at radius 1 is 1.58 bits per heavy atom. The molecule has 0 aromatic carbocycles. The Morgan fingerprint density at radius 3 is 3.11 bits per heavy atom. The molecule has 0 radical (unpaired) electrons. The number of hydrogen-bond donors (Lipinski definition) is 2. The number of nitrogens with one attached hydrogen (secondary N) is 1. The summed E-state index contributed by atoms with van der Waals surface area (Å²) in [5, 5.41) is 11.5. The van der Waals surface area contributed by atoms with Gasteiger partial charge in [-0.3, -0.25) is 19.5 Å². The molecule has 0 saturated carbocycles. The summed E-state index contributed by atoms with van der Waals surface area (Å²) in [6.45, 7) is 1.43. The Labute approximate surface area is 111 Å². The fraction of sp³-hybridized carbons (Fsp3) is 0.462. The van der Waals surface area contributed by atoms with Gasteiger partial charge in [0.05, 0.1) is 6.54 Å². The lowest BCUT2D eigenvalue weighted by molar-refractivity contribution is -0.137. The lowest BCUT2D eigenvalue weighted by Crippen LogP contribution is -2.53. The van der Waals surface area contributed by atoms with Crippen molar-refractivity contribution in [2.75, 3.05) is 13.1 Å². The van der Waals surface area contributed by atoms with E-state index in [-0.39, 0.29) is 18.4 Å². The van der Waals surface area contributed by atoms with Crippen molar-refractivity contribution in [1.82, 2.24) is 15.2 Å². The van der Waals surface area contributed by atoms with Crippen molar-refractivity contribution in [2.45, 2.75) is 25.4 Å². The van der Waals surface area contributed by atoms with Gasteiger partial charge in [0.25, 0.3) is 0 Å². The number of rotatable bonds is 5. The minimum absolute atomic E-state index is 0.0181. The molecule has 2 N–H and O–H groups in total. The van der Waals surface area contributed by atoms with Crippen molar-refractivity contribution in [3.8, 4) is 0 Å². The molecule has 1 fully saturated rings. The summed E-state index contributed by atoms with van der Waals surface area (Å²) in [5.74, 6) is -0.825. The quantitative estimate of drug-likeness (QED) is 0.795. The van der Waals surface area contributed by atoms with Gasteiger partial charge in [-0.1, -0.05) is 6.07 Å². The summed E-state index contributed by atoms with van der Waals surface area (Å²) in [6, 6.07) is 3.87. The van der Waals surface area contributed by atoms with Gasteiger partial charge in [0.2, 0.25) is 5.91 Å². The van der Waals surface area contributed by atoms with Gasteiger partial charge in [-0.05, 0) is 18.1 Å². The first-order chi connectivity index (χ1) is 9.15. The largest absolute Gasteiger partial charge is 0.481 e. The first kappa shape index (κ1) is 13.5. The van der Waals surface area contributed by atoms with E-state index in [1.165, 1.54) is 0 Å². The molecular formula is C13H17N3O3. The number of pyridine rings is 1. The average molecular weight is 263 g/mol. The zero-order valence-corrected chi connectivity index (χ0v) is 10.6. The van der Waals surface area contributed by atoms with E-state index in [0.29, 0.717) is 26.1 Å². The van der Waals surface area contributed by atoms with Crippen LogP contribution in [0.3, 0.4) is 0 Å². The van der Waals surface area contributed by atoms with Crippen LogP contribution in [-0.2, 0) is 16.1 Å². The van der Waals surface area contributed by atoms with Crippen LogP contribution in [0.2, 0.25) is 0 Å². The van der Waals surface area contributed by atoms with Crippen LogP contribution in [0.5, 0.6) is 0 Å². The first-order valence-electron chi connectivity index (χ1n) is 6.26.